The maximum Gasteiger partial charge on any atom is 0.244 e. The van der Waals surface area contributed by atoms with Gasteiger partial charge in [0.05, 0.1) is 5.25 Å². The molecule has 0 fully saturated rings. The van der Waals surface area contributed by atoms with Gasteiger partial charge in [-0.25, -0.2) is 0 Å². The zero-order chi connectivity index (χ0) is 13.6. The molecule has 0 saturated carbocycles. The summed E-state index contributed by atoms with van der Waals surface area (Å²) in [6.45, 7) is 7.52. The number of rotatable bonds is 5. The lowest BCUT2D eigenvalue weighted by atomic mass is 10.1. The van der Waals surface area contributed by atoms with Crippen LogP contribution in [0.15, 0.2) is 0 Å². The van der Waals surface area contributed by atoms with Crippen molar-refractivity contribution >= 4 is 23.6 Å². The third-order valence-electron chi connectivity index (χ3n) is 2.09. The topological polar surface area (TPSA) is 84.2 Å². The highest BCUT2D eigenvalue weighted by molar-refractivity contribution is 7.99. The highest BCUT2D eigenvalue weighted by Crippen LogP contribution is 2.05. The smallest absolute Gasteiger partial charge is 0.244 e. The van der Waals surface area contributed by atoms with Gasteiger partial charge in [-0.15, -0.1) is 0 Å². The molecule has 2 atom stereocenters. The lowest BCUT2D eigenvalue weighted by molar-refractivity contribution is -0.129. The average Bonchev–Trinajstić information content (AvgIpc) is 2.21. The normalized spacial score (nSPS) is 14.9. The Morgan fingerprint density at radius 3 is 2.18 bits per heavy atom. The highest BCUT2D eigenvalue weighted by atomic mass is 32.2. The summed E-state index contributed by atoms with van der Waals surface area (Å²) >= 11 is 1.43. The van der Waals surface area contributed by atoms with Crippen LogP contribution in [0.2, 0.25) is 0 Å². The maximum atomic E-state index is 11.8. The zero-order valence-electron chi connectivity index (χ0n) is 11.2. The summed E-state index contributed by atoms with van der Waals surface area (Å²) in [6.07, 6.45) is 1.84. The molecule has 0 bridgehead atoms. The minimum atomic E-state index is -0.670. The second-order valence-corrected chi connectivity index (χ2v) is 6.09. The first-order valence-electron chi connectivity index (χ1n) is 5.56. The van der Waals surface area contributed by atoms with Crippen LogP contribution >= 0.6 is 11.8 Å². The monoisotopic (exact) mass is 261 g/mol. The van der Waals surface area contributed by atoms with Crippen molar-refractivity contribution in [2.24, 2.45) is 5.73 Å². The summed E-state index contributed by atoms with van der Waals surface area (Å²) in [6, 6.07) is -0.670. The molecule has 4 N–H and O–H groups in total. The Morgan fingerprint density at radius 2 is 1.82 bits per heavy atom. The lowest BCUT2D eigenvalue weighted by Gasteiger charge is -2.25. The summed E-state index contributed by atoms with van der Waals surface area (Å²) in [5, 5.41) is 5.25. The number of hydrogen-bond donors (Lipinski definition) is 3. The second kappa shape index (κ2) is 6.86. The first kappa shape index (κ1) is 16.2. The van der Waals surface area contributed by atoms with Crippen molar-refractivity contribution in [1.29, 1.82) is 0 Å². The third-order valence-corrected chi connectivity index (χ3v) is 3.01. The van der Waals surface area contributed by atoms with E-state index in [1.165, 1.54) is 11.8 Å². The van der Waals surface area contributed by atoms with Crippen molar-refractivity contribution in [3.05, 3.63) is 0 Å². The molecule has 0 radical (unpaired) electrons. The first-order chi connectivity index (χ1) is 7.71. The minimum absolute atomic E-state index is 0.0920. The largest absolute Gasteiger partial charge is 0.350 e. The van der Waals surface area contributed by atoms with E-state index in [0.717, 1.165) is 0 Å². The molecule has 0 aliphatic carbocycles. The number of nitrogens with one attached hydrogen (secondary N) is 2. The van der Waals surface area contributed by atoms with Gasteiger partial charge in [-0.3, -0.25) is 9.59 Å². The van der Waals surface area contributed by atoms with Crippen LogP contribution in [0, 0.1) is 0 Å². The molecule has 0 aliphatic heterocycles. The van der Waals surface area contributed by atoms with Gasteiger partial charge in [0.25, 0.3) is 0 Å². The van der Waals surface area contributed by atoms with Gasteiger partial charge in [0.2, 0.25) is 11.8 Å². The summed E-state index contributed by atoms with van der Waals surface area (Å²) in [5.74, 6) is -0.418. The zero-order valence-corrected chi connectivity index (χ0v) is 12.0. The number of nitrogens with two attached hydrogens (primary N) is 1. The van der Waals surface area contributed by atoms with Gasteiger partial charge >= 0.3 is 0 Å². The van der Waals surface area contributed by atoms with Crippen molar-refractivity contribution in [2.75, 3.05) is 12.8 Å². The molecule has 0 aromatic heterocycles. The minimum Gasteiger partial charge on any atom is -0.350 e. The Kier molecular flexibility index (Phi) is 6.56. The van der Waals surface area contributed by atoms with Crippen LogP contribution in [0.3, 0.4) is 0 Å². The highest BCUT2D eigenvalue weighted by Gasteiger charge is 2.24. The fourth-order valence-corrected chi connectivity index (χ4v) is 1.37. The van der Waals surface area contributed by atoms with E-state index in [4.69, 9.17) is 5.73 Å². The molecule has 0 spiro atoms. The van der Waals surface area contributed by atoms with Crippen LogP contribution in [0.5, 0.6) is 0 Å². The van der Waals surface area contributed by atoms with Crippen LogP contribution in [-0.2, 0) is 9.59 Å². The third kappa shape index (κ3) is 6.53. The van der Waals surface area contributed by atoms with Crippen molar-refractivity contribution < 1.29 is 9.59 Å². The molecule has 0 rings (SSSR count). The lowest BCUT2D eigenvalue weighted by Crippen LogP contribution is -2.56. The van der Waals surface area contributed by atoms with E-state index in [0.29, 0.717) is 0 Å². The van der Waals surface area contributed by atoms with Gasteiger partial charge in [0.1, 0.15) is 6.04 Å². The molecular weight excluding hydrogens is 238 g/mol. The Morgan fingerprint density at radius 1 is 1.29 bits per heavy atom. The quantitative estimate of drug-likeness (QED) is 0.655. The van der Waals surface area contributed by atoms with Crippen LogP contribution in [0.4, 0.5) is 0 Å². The van der Waals surface area contributed by atoms with Gasteiger partial charge in [-0.1, -0.05) is 0 Å². The summed E-state index contributed by atoms with van der Waals surface area (Å²) in [7, 11) is 0. The molecule has 0 heterocycles. The Balaban J connectivity index is 4.43. The Bertz CT molecular complexity index is 276. The van der Waals surface area contributed by atoms with Crippen LogP contribution in [0.1, 0.15) is 27.7 Å². The molecule has 0 aromatic rings. The number of hydrogen-bond acceptors (Lipinski definition) is 4. The second-order valence-electron chi connectivity index (χ2n) is 4.91. The first-order valence-corrected chi connectivity index (χ1v) is 6.85. The molecule has 6 heteroatoms. The van der Waals surface area contributed by atoms with Gasteiger partial charge in [0, 0.05) is 12.1 Å². The molecule has 2 unspecified atom stereocenters. The fraction of sp³-hybridized carbons (Fsp3) is 0.818. The Labute approximate surface area is 107 Å². The molecule has 0 aromatic carbocycles. The van der Waals surface area contributed by atoms with Gasteiger partial charge < -0.3 is 16.4 Å². The van der Waals surface area contributed by atoms with Crippen molar-refractivity contribution in [1.82, 2.24) is 10.6 Å². The van der Waals surface area contributed by atoms with E-state index in [1.54, 1.807) is 6.92 Å². The van der Waals surface area contributed by atoms with E-state index in [2.05, 4.69) is 10.6 Å². The molecule has 100 valence electrons. The average molecular weight is 261 g/mol. The summed E-state index contributed by atoms with van der Waals surface area (Å²) in [4.78, 5) is 23.5. The molecule has 5 nitrogen and oxygen atoms in total. The maximum absolute atomic E-state index is 11.8. The summed E-state index contributed by atoms with van der Waals surface area (Å²) < 4.78 is 0. The molecule has 17 heavy (non-hydrogen) atoms. The molecule has 0 aliphatic rings. The van der Waals surface area contributed by atoms with Gasteiger partial charge in [-0.05, 0) is 34.0 Å². The standard InChI is InChI=1S/C11H23N3O2S/c1-7(17-5)9(15)13-8(6-12)10(16)14-11(2,3)4/h7-8H,6,12H2,1-5H3,(H,13,15)(H,14,16). The van der Waals surface area contributed by atoms with E-state index in [-0.39, 0.29) is 29.1 Å². The SMILES string of the molecule is CSC(C)C(=O)NC(CN)C(=O)NC(C)(C)C. The van der Waals surface area contributed by atoms with Gasteiger partial charge in [0.15, 0.2) is 0 Å². The number of thioether (sulfide) groups is 1. The van der Waals surface area contributed by atoms with Crippen molar-refractivity contribution in [2.45, 2.75) is 44.5 Å². The Hall–Kier alpha value is -0.750. The number of carbonyl (C=O) groups is 2. The predicted molar refractivity (Wildman–Crippen MR) is 71.9 cm³/mol. The molecular formula is C11H23N3O2S. The predicted octanol–water partition coefficient (Wildman–Crippen LogP) is 0.0961. The summed E-state index contributed by atoms with van der Waals surface area (Å²) in [5.41, 5.74) is 5.17. The van der Waals surface area contributed by atoms with Crippen molar-refractivity contribution in [3.8, 4) is 0 Å². The van der Waals surface area contributed by atoms with Crippen molar-refractivity contribution in [3.63, 3.8) is 0 Å². The van der Waals surface area contributed by atoms with E-state index in [1.807, 2.05) is 27.0 Å². The molecule has 0 saturated heterocycles. The van der Waals surface area contributed by atoms with Crippen LogP contribution < -0.4 is 16.4 Å². The molecule has 2 amide bonds. The van der Waals surface area contributed by atoms with E-state index < -0.39 is 6.04 Å². The number of amides is 2. The van der Waals surface area contributed by atoms with E-state index >= 15 is 0 Å². The number of carbonyl (C=O) groups excluding carboxylic acids is 2. The van der Waals surface area contributed by atoms with Crippen LogP contribution in [0.25, 0.3) is 0 Å². The fourth-order valence-electron chi connectivity index (χ4n) is 1.08. The van der Waals surface area contributed by atoms with E-state index in [9.17, 15) is 9.59 Å². The van der Waals surface area contributed by atoms with Crippen LogP contribution in [-0.4, -0.2) is 41.4 Å². The van der Waals surface area contributed by atoms with Gasteiger partial charge in [-0.2, -0.15) is 11.8 Å².